The van der Waals surface area contributed by atoms with Crippen molar-refractivity contribution in [3.05, 3.63) is 64.7 Å². The summed E-state index contributed by atoms with van der Waals surface area (Å²) in [5, 5.41) is 4.52. The zero-order chi connectivity index (χ0) is 17.2. The van der Waals surface area contributed by atoms with Crippen molar-refractivity contribution in [2.45, 2.75) is 50.0 Å². The number of hydrogen-bond donors (Lipinski definition) is 1. The number of methoxy groups -OCH3 is 1. The molecule has 2 aliphatic rings. The Hall–Kier alpha value is -1.55. The molecule has 0 radical (unpaired) electrons. The third-order valence-corrected chi connectivity index (χ3v) is 5.76. The second kappa shape index (κ2) is 7.36. The number of nitrogens with one attached hydrogen (secondary N) is 1. The van der Waals surface area contributed by atoms with Gasteiger partial charge in [0.2, 0.25) is 0 Å². The molecule has 4 atom stereocenters. The fourth-order valence-corrected chi connectivity index (χ4v) is 4.32. The molecule has 4 rings (SSSR count). The standard InChI is InChI=1S/C21H24ClNO2/c1-24-18-9-2-14(3-10-18)13-25-21-19(12-17-8-11-20(21)23-17)15-4-6-16(22)7-5-15/h2-7,9-10,17,19-21,23H,8,11-13H2,1H3. The van der Waals surface area contributed by atoms with E-state index in [4.69, 9.17) is 21.1 Å². The summed E-state index contributed by atoms with van der Waals surface area (Å²) < 4.78 is 11.7. The van der Waals surface area contributed by atoms with Gasteiger partial charge in [-0.2, -0.15) is 0 Å². The molecule has 0 amide bonds. The molecular formula is C21H24ClNO2. The molecule has 2 heterocycles. The molecule has 25 heavy (non-hydrogen) atoms. The molecular weight excluding hydrogens is 334 g/mol. The van der Waals surface area contributed by atoms with Crippen molar-refractivity contribution in [1.29, 1.82) is 0 Å². The lowest BCUT2D eigenvalue weighted by Gasteiger charge is -2.38. The Morgan fingerprint density at radius 2 is 1.80 bits per heavy atom. The Kier molecular flexibility index (Phi) is 4.98. The summed E-state index contributed by atoms with van der Waals surface area (Å²) >= 11 is 6.07. The molecule has 2 aliphatic heterocycles. The van der Waals surface area contributed by atoms with Crippen molar-refractivity contribution >= 4 is 11.6 Å². The summed E-state index contributed by atoms with van der Waals surface area (Å²) in [6.45, 7) is 0.627. The van der Waals surface area contributed by atoms with E-state index in [1.54, 1.807) is 7.11 Å². The summed E-state index contributed by atoms with van der Waals surface area (Å²) in [4.78, 5) is 0. The highest BCUT2D eigenvalue weighted by atomic mass is 35.5. The van der Waals surface area contributed by atoms with Crippen LogP contribution in [-0.2, 0) is 11.3 Å². The van der Waals surface area contributed by atoms with E-state index in [9.17, 15) is 0 Å². The maximum atomic E-state index is 6.43. The molecule has 2 aromatic rings. The molecule has 3 nitrogen and oxygen atoms in total. The first-order valence-corrected chi connectivity index (χ1v) is 9.37. The van der Waals surface area contributed by atoms with Crippen LogP contribution < -0.4 is 10.1 Å². The zero-order valence-electron chi connectivity index (χ0n) is 14.5. The summed E-state index contributed by atoms with van der Waals surface area (Å²) in [5.74, 6) is 1.30. The van der Waals surface area contributed by atoms with Gasteiger partial charge in [-0.25, -0.2) is 0 Å². The number of hydrogen-bond acceptors (Lipinski definition) is 3. The topological polar surface area (TPSA) is 30.5 Å². The summed E-state index contributed by atoms with van der Waals surface area (Å²) in [6, 6.07) is 17.5. The Morgan fingerprint density at radius 3 is 2.52 bits per heavy atom. The Labute approximate surface area is 154 Å². The van der Waals surface area contributed by atoms with Crippen LogP contribution in [0, 0.1) is 0 Å². The minimum atomic E-state index is 0.196. The van der Waals surface area contributed by atoms with E-state index >= 15 is 0 Å². The smallest absolute Gasteiger partial charge is 0.118 e. The quantitative estimate of drug-likeness (QED) is 0.852. The van der Waals surface area contributed by atoms with E-state index in [2.05, 4.69) is 29.6 Å². The van der Waals surface area contributed by atoms with Crippen LogP contribution in [-0.4, -0.2) is 25.3 Å². The van der Waals surface area contributed by atoms with Gasteiger partial charge in [0, 0.05) is 23.0 Å². The lowest BCUT2D eigenvalue weighted by atomic mass is 9.83. The highest BCUT2D eigenvalue weighted by molar-refractivity contribution is 6.30. The zero-order valence-corrected chi connectivity index (χ0v) is 15.2. The molecule has 0 spiro atoms. The van der Waals surface area contributed by atoms with Crippen LogP contribution in [0.2, 0.25) is 5.02 Å². The van der Waals surface area contributed by atoms with Crippen molar-refractivity contribution in [2.24, 2.45) is 0 Å². The van der Waals surface area contributed by atoms with Gasteiger partial charge in [0.05, 0.1) is 19.8 Å². The Bertz CT molecular complexity index is 701. The number of halogens is 1. The van der Waals surface area contributed by atoms with Crippen molar-refractivity contribution in [3.8, 4) is 5.75 Å². The van der Waals surface area contributed by atoms with Crippen LogP contribution in [0.4, 0.5) is 0 Å². The van der Waals surface area contributed by atoms with Gasteiger partial charge in [-0.1, -0.05) is 35.9 Å². The van der Waals surface area contributed by atoms with Crippen LogP contribution >= 0.6 is 11.6 Å². The van der Waals surface area contributed by atoms with Gasteiger partial charge in [-0.3, -0.25) is 0 Å². The van der Waals surface area contributed by atoms with Crippen molar-refractivity contribution < 1.29 is 9.47 Å². The van der Waals surface area contributed by atoms with Gasteiger partial charge in [0.25, 0.3) is 0 Å². The van der Waals surface area contributed by atoms with Crippen LogP contribution in [0.3, 0.4) is 0 Å². The lowest BCUT2D eigenvalue weighted by Crippen LogP contribution is -2.49. The number of ether oxygens (including phenoxy) is 2. The fourth-order valence-electron chi connectivity index (χ4n) is 4.20. The number of rotatable bonds is 5. The third kappa shape index (κ3) is 3.69. The predicted molar refractivity (Wildman–Crippen MR) is 100 cm³/mol. The van der Waals surface area contributed by atoms with E-state index < -0.39 is 0 Å². The maximum Gasteiger partial charge on any atom is 0.118 e. The molecule has 0 aromatic heterocycles. The normalized spacial score (nSPS) is 28.1. The summed E-state index contributed by atoms with van der Waals surface area (Å²) in [7, 11) is 1.69. The molecule has 0 aliphatic carbocycles. The lowest BCUT2D eigenvalue weighted by molar-refractivity contribution is -0.0133. The van der Waals surface area contributed by atoms with Gasteiger partial charge in [0.1, 0.15) is 5.75 Å². The minimum Gasteiger partial charge on any atom is -0.497 e. The Morgan fingerprint density at radius 1 is 1.04 bits per heavy atom. The van der Waals surface area contributed by atoms with Gasteiger partial charge >= 0.3 is 0 Å². The SMILES string of the molecule is COc1ccc(COC2C3CCC(CC2c2ccc(Cl)cc2)N3)cc1. The number of piperidine rings is 1. The van der Waals surface area contributed by atoms with Crippen molar-refractivity contribution in [2.75, 3.05) is 7.11 Å². The summed E-state index contributed by atoms with van der Waals surface area (Å²) in [6.07, 6.45) is 3.77. The molecule has 0 saturated carbocycles. The van der Waals surface area contributed by atoms with Crippen molar-refractivity contribution in [1.82, 2.24) is 5.32 Å². The molecule has 2 bridgehead atoms. The van der Waals surface area contributed by atoms with Gasteiger partial charge in [-0.05, 0) is 54.7 Å². The van der Waals surface area contributed by atoms with Crippen LogP contribution in [0.25, 0.3) is 0 Å². The molecule has 2 aromatic carbocycles. The molecule has 4 heteroatoms. The Balaban J connectivity index is 1.50. The maximum absolute atomic E-state index is 6.43. The first kappa shape index (κ1) is 16.9. The average molecular weight is 358 g/mol. The second-order valence-electron chi connectivity index (χ2n) is 7.06. The minimum absolute atomic E-state index is 0.196. The highest BCUT2D eigenvalue weighted by Crippen LogP contribution is 2.39. The van der Waals surface area contributed by atoms with Gasteiger partial charge < -0.3 is 14.8 Å². The van der Waals surface area contributed by atoms with Gasteiger partial charge in [-0.15, -0.1) is 0 Å². The van der Waals surface area contributed by atoms with E-state index in [0.717, 1.165) is 17.2 Å². The average Bonchev–Trinajstić information content (AvgIpc) is 3.04. The third-order valence-electron chi connectivity index (χ3n) is 5.51. The molecule has 4 unspecified atom stereocenters. The molecule has 1 N–H and O–H groups in total. The largest absolute Gasteiger partial charge is 0.497 e. The first-order valence-electron chi connectivity index (χ1n) is 8.99. The number of fused-ring (bicyclic) bond motifs is 2. The van der Waals surface area contributed by atoms with Gasteiger partial charge in [0.15, 0.2) is 0 Å². The van der Waals surface area contributed by atoms with Crippen LogP contribution in [0.1, 0.15) is 36.3 Å². The molecule has 132 valence electrons. The predicted octanol–water partition coefficient (Wildman–Crippen LogP) is 4.54. The molecule has 2 fully saturated rings. The van der Waals surface area contributed by atoms with E-state index in [-0.39, 0.29) is 6.10 Å². The molecule has 2 saturated heterocycles. The van der Waals surface area contributed by atoms with Crippen LogP contribution in [0.15, 0.2) is 48.5 Å². The fraction of sp³-hybridized carbons (Fsp3) is 0.429. The van der Waals surface area contributed by atoms with E-state index in [0.29, 0.717) is 24.6 Å². The number of benzene rings is 2. The van der Waals surface area contributed by atoms with Crippen LogP contribution in [0.5, 0.6) is 5.75 Å². The first-order chi connectivity index (χ1) is 12.2. The van der Waals surface area contributed by atoms with Crippen molar-refractivity contribution in [3.63, 3.8) is 0 Å². The monoisotopic (exact) mass is 357 g/mol. The summed E-state index contributed by atoms with van der Waals surface area (Å²) in [5.41, 5.74) is 2.51. The van der Waals surface area contributed by atoms with E-state index in [1.807, 2.05) is 24.3 Å². The van der Waals surface area contributed by atoms with E-state index in [1.165, 1.54) is 24.0 Å². The second-order valence-corrected chi connectivity index (χ2v) is 7.50. The highest BCUT2D eigenvalue weighted by Gasteiger charge is 2.42.